The number of ether oxygens (including phenoxy) is 1. The first-order valence-electron chi connectivity index (χ1n) is 6.11. The molecule has 1 aliphatic rings. The lowest BCUT2D eigenvalue weighted by atomic mass is 10.0. The Kier molecular flexibility index (Phi) is 3.85. The van der Waals surface area contributed by atoms with Crippen molar-refractivity contribution in [3.63, 3.8) is 0 Å². The molecule has 1 saturated heterocycles. The number of morpholine rings is 1. The summed E-state index contributed by atoms with van der Waals surface area (Å²) in [7, 11) is 0. The molecule has 1 N–H and O–H groups in total. The monoisotopic (exact) mass is 275 g/mol. The minimum absolute atomic E-state index is 0.139. The van der Waals surface area contributed by atoms with Crippen LogP contribution in [0.4, 0.5) is 13.2 Å². The summed E-state index contributed by atoms with van der Waals surface area (Å²) >= 11 is 0. The quantitative estimate of drug-likeness (QED) is 0.898. The SMILES string of the molecule is CCN1CCOC(O)(c2cccc(C(F)(F)F)c2)C1. The van der Waals surface area contributed by atoms with E-state index in [0.717, 1.165) is 12.1 Å². The normalized spacial score (nSPS) is 25.5. The second-order valence-corrected chi connectivity index (χ2v) is 4.58. The number of likely N-dealkylation sites (N-methyl/N-ethyl adjacent to an activating group) is 1. The fraction of sp³-hybridized carbons (Fsp3) is 0.538. The van der Waals surface area contributed by atoms with E-state index >= 15 is 0 Å². The van der Waals surface area contributed by atoms with Crippen LogP contribution in [0.1, 0.15) is 18.1 Å². The highest BCUT2D eigenvalue weighted by Gasteiger charge is 2.38. The molecule has 0 bridgehead atoms. The van der Waals surface area contributed by atoms with Gasteiger partial charge in [0, 0.05) is 12.1 Å². The van der Waals surface area contributed by atoms with Crippen LogP contribution in [0.15, 0.2) is 24.3 Å². The Labute approximate surface area is 109 Å². The summed E-state index contributed by atoms with van der Waals surface area (Å²) in [4.78, 5) is 1.93. The van der Waals surface area contributed by atoms with E-state index in [-0.39, 0.29) is 12.1 Å². The van der Waals surface area contributed by atoms with E-state index in [2.05, 4.69) is 0 Å². The summed E-state index contributed by atoms with van der Waals surface area (Å²) in [6.07, 6.45) is -4.43. The lowest BCUT2D eigenvalue weighted by Gasteiger charge is -2.39. The molecule has 1 fully saturated rings. The first-order valence-corrected chi connectivity index (χ1v) is 6.11. The van der Waals surface area contributed by atoms with Crippen molar-refractivity contribution in [2.24, 2.45) is 0 Å². The lowest BCUT2D eigenvalue weighted by Crippen LogP contribution is -2.49. The summed E-state index contributed by atoms with van der Waals surface area (Å²) in [5.74, 6) is -1.67. The van der Waals surface area contributed by atoms with Crippen LogP contribution in [-0.4, -0.2) is 36.2 Å². The van der Waals surface area contributed by atoms with Crippen LogP contribution in [0.2, 0.25) is 0 Å². The van der Waals surface area contributed by atoms with Crippen LogP contribution in [-0.2, 0) is 16.7 Å². The van der Waals surface area contributed by atoms with Crippen LogP contribution < -0.4 is 0 Å². The third-order valence-electron chi connectivity index (χ3n) is 3.27. The molecule has 1 atom stereocenters. The molecule has 1 aromatic carbocycles. The van der Waals surface area contributed by atoms with Crippen molar-refractivity contribution in [3.05, 3.63) is 35.4 Å². The Morgan fingerprint density at radius 2 is 2.16 bits per heavy atom. The molecular formula is C13H16F3NO2. The summed E-state index contributed by atoms with van der Waals surface area (Å²) in [6.45, 7) is 3.77. The molecule has 0 aromatic heterocycles. The molecule has 0 saturated carbocycles. The smallest absolute Gasteiger partial charge is 0.361 e. The molecule has 0 spiro atoms. The summed E-state index contributed by atoms with van der Waals surface area (Å²) in [5, 5.41) is 10.4. The zero-order valence-corrected chi connectivity index (χ0v) is 10.6. The Morgan fingerprint density at radius 1 is 1.42 bits per heavy atom. The molecule has 1 heterocycles. The van der Waals surface area contributed by atoms with E-state index < -0.39 is 17.5 Å². The van der Waals surface area contributed by atoms with Crippen molar-refractivity contribution >= 4 is 0 Å². The second kappa shape index (κ2) is 5.11. The molecule has 1 unspecified atom stereocenters. The molecule has 1 aromatic rings. The maximum atomic E-state index is 12.7. The lowest BCUT2D eigenvalue weighted by molar-refractivity contribution is -0.247. The average Bonchev–Trinajstić information content (AvgIpc) is 2.38. The van der Waals surface area contributed by atoms with Gasteiger partial charge in [0.2, 0.25) is 5.79 Å². The van der Waals surface area contributed by atoms with Crippen molar-refractivity contribution in [2.45, 2.75) is 18.9 Å². The van der Waals surface area contributed by atoms with E-state index in [1.807, 2.05) is 11.8 Å². The third kappa shape index (κ3) is 3.08. The Balaban J connectivity index is 2.30. The molecule has 3 nitrogen and oxygen atoms in total. The van der Waals surface area contributed by atoms with Gasteiger partial charge in [-0.15, -0.1) is 0 Å². The first kappa shape index (κ1) is 14.3. The number of benzene rings is 1. The van der Waals surface area contributed by atoms with E-state index in [0.29, 0.717) is 19.7 Å². The van der Waals surface area contributed by atoms with Gasteiger partial charge < -0.3 is 9.84 Å². The maximum Gasteiger partial charge on any atom is 0.416 e. The van der Waals surface area contributed by atoms with Gasteiger partial charge in [0.15, 0.2) is 0 Å². The molecule has 1 aliphatic heterocycles. The summed E-state index contributed by atoms with van der Waals surface area (Å²) < 4.78 is 43.3. The average molecular weight is 275 g/mol. The minimum Gasteiger partial charge on any atom is -0.361 e. The molecule has 19 heavy (non-hydrogen) atoms. The van der Waals surface area contributed by atoms with Gasteiger partial charge in [-0.1, -0.05) is 19.1 Å². The molecule has 106 valence electrons. The Hall–Kier alpha value is -1.11. The van der Waals surface area contributed by atoms with Crippen molar-refractivity contribution in [3.8, 4) is 0 Å². The predicted octanol–water partition coefficient (Wildman–Crippen LogP) is 2.20. The maximum absolute atomic E-state index is 12.7. The zero-order chi connectivity index (χ0) is 14.1. The number of aliphatic hydroxyl groups is 1. The van der Waals surface area contributed by atoms with Gasteiger partial charge in [-0.05, 0) is 18.7 Å². The summed E-state index contributed by atoms with van der Waals surface area (Å²) in [5.41, 5.74) is -0.642. The van der Waals surface area contributed by atoms with E-state index in [1.165, 1.54) is 12.1 Å². The van der Waals surface area contributed by atoms with Gasteiger partial charge in [-0.2, -0.15) is 13.2 Å². The van der Waals surface area contributed by atoms with E-state index in [9.17, 15) is 18.3 Å². The largest absolute Gasteiger partial charge is 0.416 e. The highest BCUT2D eigenvalue weighted by Crippen LogP contribution is 2.33. The van der Waals surface area contributed by atoms with Crippen molar-refractivity contribution in [2.75, 3.05) is 26.2 Å². The van der Waals surface area contributed by atoms with Crippen LogP contribution in [0, 0.1) is 0 Å². The van der Waals surface area contributed by atoms with Crippen molar-refractivity contribution < 1.29 is 23.0 Å². The van der Waals surface area contributed by atoms with Gasteiger partial charge in [0.05, 0.1) is 18.7 Å². The Bertz CT molecular complexity index is 450. The highest BCUT2D eigenvalue weighted by molar-refractivity contribution is 5.29. The zero-order valence-electron chi connectivity index (χ0n) is 10.6. The van der Waals surface area contributed by atoms with Gasteiger partial charge in [0.1, 0.15) is 0 Å². The van der Waals surface area contributed by atoms with Crippen LogP contribution in [0.5, 0.6) is 0 Å². The number of alkyl halides is 3. The van der Waals surface area contributed by atoms with Crippen LogP contribution in [0.3, 0.4) is 0 Å². The number of rotatable bonds is 2. The molecule has 0 amide bonds. The number of β-amino-alcohol motifs (C(OH)–C–C–N with tert-alkyl or cyclic N) is 1. The molecule has 0 radical (unpaired) electrons. The first-order chi connectivity index (χ1) is 8.85. The fourth-order valence-corrected chi connectivity index (χ4v) is 2.15. The highest BCUT2D eigenvalue weighted by atomic mass is 19.4. The van der Waals surface area contributed by atoms with Gasteiger partial charge in [-0.3, -0.25) is 4.90 Å². The standard InChI is InChI=1S/C13H16F3NO2/c1-2-17-6-7-19-12(18,9-17)10-4-3-5-11(8-10)13(14,15)16/h3-5,8,18H,2,6-7,9H2,1H3. The number of nitrogens with zero attached hydrogens (tertiary/aromatic N) is 1. The number of hydrogen-bond acceptors (Lipinski definition) is 3. The molecule has 6 heteroatoms. The van der Waals surface area contributed by atoms with Crippen molar-refractivity contribution in [1.29, 1.82) is 0 Å². The van der Waals surface area contributed by atoms with Gasteiger partial charge in [-0.25, -0.2) is 0 Å². The molecular weight excluding hydrogens is 259 g/mol. The van der Waals surface area contributed by atoms with Gasteiger partial charge in [0.25, 0.3) is 0 Å². The van der Waals surface area contributed by atoms with Crippen molar-refractivity contribution in [1.82, 2.24) is 4.90 Å². The van der Waals surface area contributed by atoms with Crippen LogP contribution in [0.25, 0.3) is 0 Å². The Morgan fingerprint density at radius 3 is 2.79 bits per heavy atom. The van der Waals surface area contributed by atoms with E-state index in [1.54, 1.807) is 0 Å². The van der Waals surface area contributed by atoms with Crippen LogP contribution >= 0.6 is 0 Å². The van der Waals surface area contributed by atoms with Gasteiger partial charge >= 0.3 is 6.18 Å². The van der Waals surface area contributed by atoms with E-state index in [4.69, 9.17) is 4.74 Å². The third-order valence-corrected chi connectivity index (χ3v) is 3.27. The molecule has 2 rings (SSSR count). The topological polar surface area (TPSA) is 32.7 Å². The summed E-state index contributed by atoms with van der Waals surface area (Å²) in [6, 6.07) is 4.66. The number of hydrogen-bond donors (Lipinski definition) is 1. The molecule has 0 aliphatic carbocycles. The second-order valence-electron chi connectivity index (χ2n) is 4.58. The predicted molar refractivity (Wildman–Crippen MR) is 63.4 cm³/mol. The number of halogens is 3. The minimum atomic E-state index is -4.43. The fourth-order valence-electron chi connectivity index (χ4n) is 2.15.